The molecule has 0 aliphatic heterocycles. The molecule has 0 saturated heterocycles. The molecule has 1 heterocycles. The van der Waals surface area contributed by atoms with Crippen molar-refractivity contribution in [3.63, 3.8) is 0 Å². The normalized spacial score (nSPS) is 12.9. The molecule has 1 rings (SSSR count). The minimum Gasteiger partial charge on any atom is -0.373 e. The molecule has 1 aromatic rings. The zero-order valence-corrected chi connectivity index (χ0v) is 11.0. The predicted octanol–water partition coefficient (Wildman–Crippen LogP) is 2.32. The van der Waals surface area contributed by atoms with E-state index in [-0.39, 0.29) is 0 Å². The number of amides is 1. The topological polar surface area (TPSA) is 54.0 Å². The third-order valence-electron chi connectivity index (χ3n) is 1.94. The van der Waals surface area contributed by atoms with Crippen molar-refractivity contribution < 1.29 is 18.0 Å². The molecule has 0 saturated carbocycles. The molecule has 1 unspecified atom stereocenters. The number of carbonyl (C=O) groups excluding carboxylic acids is 1. The quantitative estimate of drug-likeness (QED) is 0.893. The van der Waals surface area contributed by atoms with E-state index in [1.165, 1.54) is 13.1 Å². The van der Waals surface area contributed by atoms with Crippen molar-refractivity contribution in [3.05, 3.63) is 22.9 Å². The number of halogens is 4. The number of anilines is 1. The summed E-state index contributed by atoms with van der Waals surface area (Å²) in [5.74, 6) is -0.729. The monoisotopic (exact) mass is 325 g/mol. The van der Waals surface area contributed by atoms with Crippen LogP contribution in [0.2, 0.25) is 0 Å². The summed E-state index contributed by atoms with van der Waals surface area (Å²) in [6.07, 6.45) is -1.38. The van der Waals surface area contributed by atoms with Gasteiger partial charge in [-0.25, -0.2) is 0 Å². The predicted molar refractivity (Wildman–Crippen MR) is 64.1 cm³/mol. The van der Waals surface area contributed by atoms with Crippen LogP contribution in [-0.2, 0) is 4.79 Å². The SMILES string of the molecule is CC(Nc1cncc(Br)c1)C(=O)NCC(F)(F)F. The van der Waals surface area contributed by atoms with E-state index >= 15 is 0 Å². The van der Waals surface area contributed by atoms with E-state index < -0.39 is 24.7 Å². The van der Waals surface area contributed by atoms with E-state index in [1.807, 2.05) is 0 Å². The summed E-state index contributed by atoms with van der Waals surface area (Å²) in [6, 6.07) is 0.879. The second-order valence-corrected chi connectivity index (χ2v) is 4.51. The van der Waals surface area contributed by atoms with Crippen LogP contribution in [0.1, 0.15) is 6.92 Å². The highest BCUT2D eigenvalue weighted by Crippen LogP contribution is 2.15. The molecular formula is C10H11BrF3N3O. The van der Waals surface area contributed by atoms with Crippen LogP contribution in [0.4, 0.5) is 18.9 Å². The fourth-order valence-electron chi connectivity index (χ4n) is 1.15. The van der Waals surface area contributed by atoms with Crippen molar-refractivity contribution in [2.45, 2.75) is 19.1 Å². The smallest absolute Gasteiger partial charge is 0.373 e. The van der Waals surface area contributed by atoms with E-state index in [9.17, 15) is 18.0 Å². The summed E-state index contributed by atoms with van der Waals surface area (Å²) in [5, 5.41) is 4.55. The molecule has 1 aromatic heterocycles. The van der Waals surface area contributed by atoms with Gasteiger partial charge in [-0.1, -0.05) is 0 Å². The highest BCUT2D eigenvalue weighted by Gasteiger charge is 2.28. The Kier molecular flexibility index (Phi) is 4.94. The van der Waals surface area contributed by atoms with Crippen molar-refractivity contribution >= 4 is 27.5 Å². The maximum atomic E-state index is 11.9. The second kappa shape index (κ2) is 6.03. The van der Waals surface area contributed by atoms with Gasteiger partial charge in [0.1, 0.15) is 12.6 Å². The van der Waals surface area contributed by atoms with Gasteiger partial charge in [0.2, 0.25) is 5.91 Å². The second-order valence-electron chi connectivity index (χ2n) is 3.59. The Balaban J connectivity index is 2.50. The maximum absolute atomic E-state index is 11.9. The van der Waals surface area contributed by atoms with Gasteiger partial charge in [-0.3, -0.25) is 9.78 Å². The minimum atomic E-state index is -4.41. The van der Waals surface area contributed by atoms with Crippen molar-refractivity contribution in [2.75, 3.05) is 11.9 Å². The number of nitrogens with zero attached hydrogens (tertiary/aromatic N) is 1. The zero-order chi connectivity index (χ0) is 13.8. The molecule has 0 aromatic carbocycles. The van der Waals surface area contributed by atoms with Crippen LogP contribution in [-0.4, -0.2) is 29.7 Å². The fourth-order valence-corrected chi connectivity index (χ4v) is 1.51. The van der Waals surface area contributed by atoms with Crippen LogP contribution in [0.3, 0.4) is 0 Å². The van der Waals surface area contributed by atoms with Crippen molar-refractivity contribution in [3.8, 4) is 0 Å². The van der Waals surface area contributed by atoms with E-state index in [1.54, 1.807) is 17.6 Å². The lowest BCUT2D eigenvalue weighted by Crippen LogP contribution is -2.42. The van der Waals surface area contributed by atoms with E-state index in [0.717, 1.165) is 0 Å². The van der Waals surface area contributed by atoms with Crippen molar-refractivity contribution in [2.24, 2.45) is 0 Å². The number of aromatic nitrogens is 1. The van der Waals surface area contributed by atoms with Crippen molar-refractivity contribution in [1.29, 1.82) is 0 Å². The molecule has 0 fully saturated rings. The summed E-state index contributed by atoms with van der Waals surface area (Å²) < 4.78 is 36.4. The van der Waals surface area contributed by atoms with Crippen LogP contribution in [0.15, 0.2) is 22.9 Å². The number of carbonyl (C=O) groups is 1. The van der Waals surface area contributed by atoms with E-state index in [0.29, 0.717) is 10.2 Å². The number of rotatable bonds is 4. The summed E-state index contributed by atoms with van der Waals surface area (Å²) in [5.41, 5.74) is 0.541. The molecule has 1 atom stereocenters. The number of hydrogen-bond acceptors (Lipinski definition) is 3. The van der Waals surface area contributed by atoms with Gasteiger partial charge < -0.3 is 10.6 Å². The van der Waals surface area contributed by atoms with Gasteiger partial charge in [0.05, 0.1) is 11.9 Å². The molecule has 0 radical (unpaired) electrons. The Morgan fingerprint density at radius 1 is 1.50 bits per heavy atom. The number of hydrogen-bond donors (Lipinski definition) is 2. The fraction of sp³-hybridized carbons (Fsp3) is 0.400. The molecule has 2 N–H and O–H groups in total. The molecule has 18 heavy (non-hydrogen) atoms. The van der Waals surface area contributed by atoms with Gasteiger partial charge >= 0.3 is 6.18 Å². The number of alkyl halides is 3. The average molecular weight is 326 g/mol. The first-order chi connectivity index (χ1) is 8.28. The largest absolute Gasteiger partial charge is 0.405 e. The first kappa shape index (κ1) is 14.7. The van der Waals surface area contributed by atoms with Crippen LogP contribution >= 0.6 is 15.9 Å². The minimum absolute atomic E-state index is 0.541. The average Bonchev–Trinajstić information content (AvgIpc) is 2.24. The van der Waals surface area contributed by atoms with Gasteiger partial charge in [0.15, 0.2) is 0 Å². The van der Waals surface area contributed by atoms with Crippen LogP contribution in [0.5, 0.6) is 0 Å². The Hall–Kier alpha value is -1.31. The van der Waals surface area contributed by atoms with Crippen LogP contribution in [0, 0.1) is 0 Å². The maximum Gasteiger partial charge on any atom is 0.405 e. The van der Waals surface area contributed by atoms with Gasteiger partial charge in [0, 0.05) is 10.7 Å². The summed E-state index contributed by atoms with van der Waals surface area (Å²) in [6.45, 7) is 0.126. The molecular weight excluding hydrogens is 315 g/mol. The molecule has 4 nitrogen and oxygen atoms in total. The Bertz CT molecular complexity index is 425. The molecule has 100 valence electrons. The van der Waals surface area contributed by atoms with Gasteiger partial charge in [-0.05, 0) is 28.9 Å². The Morgan fingerprint density at radius 3 is 2.72 bits per heavy atom. The van der Waals surface area contributed by atoms with Crippen LogP contribution in [0.25, 0.3) is 0 Å². The highest BCUT2D eigenvalue weighted by molar-refractivity contribution is 9.10. The lowest BCUT2D eigenvalue weighted by molar-refractivity contribution is -0.138. The standard InChI is InChI=1S/C10H11BrF3N3O/c1-6(9(18)16-5-10(12,13)14)17-8-2-7(11)3-15-4-8/h2-4,6,17H,5H2,1H3,(H,16,18). The summed E-state index contributed by atoms with van der Waals surface area (Å²) >= 11 is 3.19. The molecule has 0 aliphatic carbocycles. The van der Waals surface area contributed by atoms with Gasteiger partial charge in [0.25, 0.3) is 0 Å². The van der Waals surface area contributed by atoms with E-state index in [4.69, 9.17) is 0 Å². The molecule has 0 aliphatic rings. The lowest BCUT2D eigenvalue weighted by Gasteiger charge is -2.16. The summed E-state index contributed by atoms with van der Waals surface area (Å²) in [7, 11) is 0. The number of pyridine rings is 1. The van der Waals surface area contributed by atoms with Gasteiger partial charge in [-0.15, -0.1) is 0 Å². The van der Waals surface area contributed by atoms with Gasteiger partial charge in [-0.2, -0.15) is 13.2 Å². The third-order valence-corrected chi connectivity index (χ3v) is 2.38. The van der Waals surface area contributed by atoms with E-state index in [2.05, 4.69) is 26.2 Å². The highest BCUT2D eigenvalue weighted by atomic mass is 79.9. The third kappa shape index (κ3) is 5.35. The Morgan fingerprint density at radius 2 is 2.17 bits per heavy atom. The molecule has 0 bridgehead atoms. The zero-order valence-electron chi connectivity index (χ0n) is 9.38. The number of nitrogens with one attached hydrogen (secondary N) is 2. The molecule has 8 heteroatoms. The van der Waals surface area contributed by atoms with Crippen LogP contribution < -0.4 is 10.6 Å². The van der Waals surface area contributed by atoms with Crippen molar-refractivity contribution in [1.82, 2.24) is 10.3 Å². The first-order valence-corrected chi connectivity index (χ1v) is 5.79. The first-order valence-electron chi connectivity index (χ1n) is 4.99. The molecule has 1 amide bonds. The Labute approximate surface area is 110 Å². The lowest BCUT2D eigenvalue weighted by atomic mass is 10.3. The summed E-state index contributed by atoms with van der Waals surface area (Å²) in [4.78, 5) is 15.2. The molecule has 0 spiro atoms.